The molecule has 1 amide bonds. The van der Waals surface area contributed by atoms with Crippen molar-refractivity contribution >= 4 is 39.3 Å². The molecule has 0 aliphatic carbocycles. The van der Waals surface area contributed by atoms with Crippen molar-refractivity contribution in [3.63, 3.8) is 0 Å². The Balaban J connectivity index is 2.50. The van der Waals surface area contributed by atoms with Gasteiger partial charge in [0.25, 0.3) is 0 Å². The zero-order chi connectivity index (χ0) is 13.6. The molecule has 0 spiro atoms. The van der Waals surface area contributed by atoms with Crippen LogP contribution < -0.4 is 5.01 Å². The second kappa shape index (κ2) is 4.24. The highest BCUT2D eigenvalue weighted by atomic mass is 35.5. The quantitative estimate of drug-likeness (QED) is 0.684. The Morgan fingerprint density at radius 3 is 2.74 bits per heavy atom. The summed E-state index contributed by atoms with van der Waals surface area (Å²) in [7, 11) is 1.73. The van der Waals surface area contributed by atoms with E-state index in [1.54, 1.807) is 24.5 Å². The number of benzene rings is 1. The van der Waals surface area contributed by atoms with Gasteiger partial charge >= 0.3 is 0 Å². The molecule has 4 nitrogen and oxygen atoms in total. The van der Waals surface area contributed by atoms with Gasteiger partial charge in [-0.15, -0.1) is 0 Å². The van der Waals surface area contributed by atoms with E-state index in [-0.39, 0.29) is 5.91 Å². The molecule has 0 aliphatic heterocycles. The number of amides is 1. The number of rotatable bonds is 1. The van der Waals surface area contributed by atoms with Gasteiger partial charge in [-0.25, -0.2) is 4.68 Å². The normalized spacial score (nSPS) is 11.1. The summed E-state index contributed by atoms with van der Waals surface area (Å²) in [5.41, 5.74) is 1.78. The van der Waals surface area contributed by atoms with Crippen molar-refractivity contribution in [1.82, 2.24) is 9.66 Å². The van der Waals surface area contributed by atoms with E-state index in [0.29, 0.717) is 5.02 Å². The second-order valence-corrected chi connectivity index (χ2v) is 4.85. The van der Waals surface area contributed by atoms with Crippen molar-refractivity contribution < 1.29 is 4.79 Å². The monoisotopic (exact) mass is 273 g/mol. The lowest BCUT2D eigenvalue weighted by Gasteiger charge is -2.19. The molecule has 3 rings (SSSR count). The lowest BCUT2D eigenvalue weighted by Crippen LogP contribution is -2.34. The maximum Gasteiger partial charge on any atom is 0.238 e. The molecule has 0 unspecified atom stereocenters. The molecule has 0 radical (unpaired) electrons. The summed E-state index contributed by atoms with van der Waals surface area (Å²) >= 11 is 6.07. The van der Waals surface area contributed by atoms with Gasteiger partial charge in [-0.05, 0) is 18.2 Å². The summed E-state index contributed by atoms with van der Waals surface area (Å²) in [5.74, 6) is -0.0531. The van der Waals surface area contributed by atoms with Gasteiger partial charge in [0.1, 0.15) is 0 Å². The molecule has 2 heterocycles. The first-order valence-electron chi connectivity index (χ1n) is 5.88. The summed E-state index contributed by atoms with van der Waals surface area (Å²) in [4.78, 5) is 15.8. The molecule has 1 aromatic carbocycles. The van der Waals surface area contributed by atoms with Gasteiger partial charge in [-0.2, -0.15) is 0 Å². The predicted molar refractivity (Wildman–Crippen MR) is 77.1 cm³/mol. The van der Waals surface area contributed by atoms with Gasteiger partial charge in [-0.1, -0.05) is 17.7 Å². The van der Waals surface area contributed by atoms with Crippen LogP contribution in [0, 0.1) is 0 Å². The largest absolute Gasteiger partial charge is 0.273 e. The fourth-order valence-corrected chi connectivity index (χ4v) is 2.45. The number of hydrogen-bond acceptors (Lipinski definition) is 2. The van der Waals surface area contributed by atoms with Gasteiger partial charge in [0, 0.05) is 36.0 Å². The summed E-state index contributed by atoms with van der Waals surface area (Å²) in [5, 5.41) is 4.30. The highest BCUT2D eigenvalue weighted by Gasteiger charge is 2.15. The highest BCUT2D eigenvalue weighted by molar-refractivity contribution is 6.31. The van der Waals surface area contributed by atoms with Gasteiger partial charge in [0.2, 0.25) is 5.91 Å². The lowest BCUT2D eigenvalue weighted by molar-refractivity contribution is -0.117. The molecule has 3 aromatic rings. The van der Waals surface area contributed by atoms with Crippen molar-refractivity contribution in [2.75, 3.05) is 12.1 Å². The van der Waals surface area contributed by atoms with E-state index < -0.39 is 0 Å². The first-order valence-corrected chi connectivity index (χ1v) is 6.25. The number of hydrogen-bond donors (Lipinski definition) is 0. The molecule has 96 valence electrons. The molecule has 0 N–H and O–H groups in total. The number of fused-ring (bicyclic) bond motifs is 3. The van der Waals surface area contributed by atoms with E-state index in [1.165, 1.54) is 6.92 Å². The Kier molecular flexibility index (Phi) is 2.68. The van der Waals surface area contributed by atoms with E-state index in [0.717, 1.165) is 21.8 Å². The molecule has 5 heteroatoms. The van der Waals surface area contributed by atoms with Crippen molar-refractivity contribution in [3.05, 3.63) is 41.7 Å². The number of pyridine rings is 1. The van der Waals surface area contributed by atoms with Crippen LogP contribution in [0.25, 0.3) is 21.8 Å². The van der Waals surface area contributed by atoms with Crippen LogP contribution in [0.2, 0.25) is 5.02 Å². The topological polar surface area (TPSA) is 38.1 Å². The minimum atomic E-state index is -0.0531. The minimum absolute atomic E-state index is 0.0531. The van der Waals surface area contributed by atoms with Gasteiger partial charge in [0.05, 0.1) is 17.2 Å². The molecule has 0 aliphatic rings. The number of aromatic nitrogens is 2. The Morgan fingerprint density at radius 2 is 2.00 bits per heavy atom. The van der Waals surface area contributed by atoms with Gasteiger partial charge < -0.3 is 0 Å². The average Bonchev–Trinajstić information content (AvgIpc) is 2.71. The van der Waals surface area contributed by atoms with Crippen molar-refractivity contribution in [2.45, 2.75) is 6.92 Å². The zero-order valence-electron chi connectivity index (χ0n) is 10.6. The Hall–Kier alpha value is -2.07. The van der Waals surface area contributed by atoms with E-state index in [1.807, 2.05) is 28.9 Å². The Labute approximate surface area is 115 Å². The Bertz CT molecular complexity index is 794. The smallest absolute Gasteiger partial charge is 0.238 e. The van der Waals surface area contributed by atoms with Crippen LogP contribution in [0.5, 0.6) is 0 Å². The molecule has 19 heavy (non-hydrogen) atoms. The maximum atomic E-state index is 11.7. The summed E-state index contributed by atoms with van der Waals surface area (Å²) in [6.07, 6.45) is 3.50. The number of nitrogens with zero attached hydrogens (tertiary/aromatic N) is 3. The third-order valence-electron chi connectivity index (χ3n) is 3.26. The molecule has 2 aromatic heterocycles. The lowest BCUT2D eigenvalue weighted by atomic mass is 10.2. The zero-order valence-corrected chi connectivity index (χ0v) is 11.3. The van der Waals surface area contributed by atoms with Crippen LogP contribution >= 0.6 is 11.6 Å². The molecule has 0 saturated heterocycles. The first kappa shape index (κ1) is 12.0. The van der Waals surface area contributed by atoms with Crippen LogP contribution in [-0.4, -0.2) is 22.6 Å². The van der Waals surface area contributed by atoms with E-state index in [9.17, 15) is 4.79 Å². The third kappa shape index (κ3) is 1.76. The average molecular weight is 274 g/mol. The van der Waals surface area contributed by atoms with Crippen LogP contribution in [0.1, 0.15) is 6.92 Å². The van der Waals surface area contributed by atoms with Gasteiger partial charge in [0.15, 0.2) is 0 Å². The second-order valence-electron chi connectivity index (χ2n) is 4.41. The number of carbonyl (C=O) groups is 1. The fourth-order valence-electron chi connectivity index (χ4n) is 2.28. The predicted octanol–water partition coefficient (Wildman–Crippen LogP) is 2.96. The Morgan fingerprint density at radius 1 is 1.26 bits per heavy atom. The van der Waals surface area contributed by atoms with Gasteiger partial charge in [-0.3, -0.25) is 14.8 Å². The molecular weight excluding hydrogens is 262 g/mol. The van der Waals surface area contributed by atoms with E-state index >= 15 is 0 Å². The minimum Gasteiger partial charge on any atom is -0.273 e. The van der Waals surface area contributed by atoms with Crippen LogP contribution in [0.4, 0.5) is 0 Å². The summed E-state index contributed by atoms with van der Waals surface area (Å²) in [6, 6.07) is 7.61. The maximum absolute atomic E-state index is 11.7. The molecule has 0 saturated carbocycles. The standard InChI is InChI=1S/C14H12ClN3O/c1-9(19)17(2)18-13-7-10(15)3-4-11(13)12-5-6-16-8-14(12)18/h3-8H,1-2H3. The SMILES string of the molecule is CC(=O)N(C)n1c2cnccc2c2ccc(Cl)cc21. The van der Waals surface area contributed by atoms with Crippen LogP contribution in [0.15, 0.2) is 36.7 Å². The fraction of sp³-hybridized carbons (Fsp3) is 0.143. The highest BCUT2D eigenvalue weighted by Crippen LogP contribution is 2.30. The number of carbonyl (C=O) groups excluding carboxylic acids is 1. The molecular formula is C14H12ClN3O. The van der Waals surface area contributed by atoms with Crippen molar-refractivity contribution in [2.24, 2.45) is 0 Å². The van der Waals surface area contributed by atoms with Crippen molar-refractivity contribution in [3.8, 4) is 0 Å². The summed E-state index contributed by atoms with van der Waals surface area (Å²) < 4.78 is 1.84. The number of halogens is 1. The third-order valence-corrected chi connectivity index (χ3v) is 3.50. The molecule has 0 bridgehead atoms. The first-order chi connectivity index (χ1) is 9.09. The van der Waals surface area contributed by atoms with Crippen molar-refractivity contribution in [1.29, 1.82) is 0 Å². The van der Waals surface area contributed by atoms with E-state index in [4.69, 9.17) is 11.6 Å². The van der Waals surface area contributed by atoms with E-state index in [2.05, 4.69) is 4.98 Å². The van der Waals surface area contributed by atoms with Crippen LogP contribution in [-0.2, 0) is 4.79 Å². The summed E-state index contributed by atoms with van der Waals surface area (Å²) in [6.45, 7) is 1.53. The van der Waals surface area contributed by atoms with Crippen LogP contribution in [0.3, 0.4) is 0 Å². The molecule has 0 fully saturated rings. The molecule has 0 atom stereocenters.